The van der Waals surface area contributed by atoms with Crippen molar-refractivity contribution in [3.05, 3.63) is 24.2 Å². The maximum absolute atomic E-state index is 12.4. The van der Waals surface area contributed by atoms with Crippen molar-refractivity contribution in [3.8, 4) is 0 Å². The lowest BCUT2D eigenvalue weighted by molar-refractivity contribution is -0.139. The molecule has 33 heavy (non-hydrogen) atoms. The number of hydrogen-bond acceptors (Lipinski definition) is 5. The van der Waals surface area contributed by atoms with Crippen molar-refractivity contribution in [1.82, 2.24) is 25.3 Å². The summed E-state index contributed by atoms with van der Waals surface area (Å²) in [5.41, 5.74) is 0. The van der Waals surface area contributed by atoms with E-state index in [1.807, 2.05) is 13.1 Å². The Morgan fingerprint density at radius 1 is 1.09 bits per heavy atom. The van der Waals surface area contributed by atoms with Crippen molar-refractivity contribution in [3.63, 3.8) is 0 Å². The number of rotatable bonds is 8. The van der Waals surface area contributed by atoms with Crippen molar-refractivity contribution in [2.45, 2.75) is 44.6 Å². The zero-order valence-corrected chi connectivity index (χ0v) is 22.3. The molecule has 9 heteroatoms. The van der Waals surface area contributed by atoms with Gasteiger partial charge < -0.3 is 20.0 Å². The van der Waals surface area contributed by atoms with E-state index in [1.165, 1.54) is 25.7 Å². The Kier molecular flexibility index (Phi) is 10.8. The van der Waals surface area contributed by atoms with Crippen LogP contribution in [0.3, 0.4) is 0 Å². The quantitative estimate of drug-likeness (QED) is 0.284. The van der Waals surface area contributed by atoms with Gasteiger partial charge in [0.15, 0.2) is 5.96 Å². The summed E-state index contributed by atoms with van der Waals surface area (Å²) in [5.74, 6) is 2.55. The van der Waals surface area contributed by atoms with Crippen LogP contribution in [0.25, 0.3) is 0 Å². The maximum atomic E-state index is 12.4. The summed E-state index contributed by atoms with van der Waals surface area (Å²) >= 11 is 0. The van der Waals surface area contributed by atoms with Gasteiger partial charge in [-0.1, -0.05) is 12.8 Å². The third-order valence-corrected chi connectivity index (χ3v) is 7.25. The molecular formula is C24H41IN6O2. The van der Waals surface area contributed by atoms with Gasteiger partial charge >= 0.3 is 0 Å². The molecule has 2 aliphatic heterocycles. The first-order chi connectivity index (χ1) is 15.7. The molecule has 1 amide bonds. The lowest BCUT2D eigenvalue weighted by Crippen LogP contribution is -2.52. The van der Waals surface area contributed by atoms with Crippen LogP contribution < -0.4 is 10.6 Å². The first-order valence-electron chi connectivity index (χ1n) is 12.5. The number of likely N-dealkylation sites (tertiary alicyclic amines) is 1. The zero-order chi connectivity index (χ0) is 22.2. The number of nitrogens with one attached hydrogen (secondary N) is 2. The molecule has 8 nitrogen and oxygen atoms in total. The lowest BCUT2D eigenvalue weighted by atomic mass is 9.84. The van der Waals surface area contributed by atoms with Gasteiger partial charge in [0.25, 0.3) is 0 Å². The van der Waals surface area contributed by atoms with E-state index in [0.717, 1.165) is 83.5 Å². The second-order valence-corrected chi connectivity index (χ2v) is 9.30. The van der Waals surface area contributed by atoms with Crippen molar-refractivity contribution in [1.29, 1.82) is 0 Å². The summed E-state index contributed by atoms with van der Waals surface area (Å²) in [6, 6.07) is 4.27. The molecule has 1 atom stereocenters. The molecule has 0 spiro atoms. The monoisotopic (exact) mass is 572 g/mol. The van der Waals surface area contributed by atoms with Crippen molar-refractivity contribution < 1.29 is 9.21 Å². The number of carbonyl (C=O) groups is 1. The number of guanidine groups is 1. The maximum Gasteiger partial charge on any atom is 0.225 e. The summed E-state index contributed by atoms with van der Waals surface area (Å²) in [7, 11) is 1.82. The molecule has 186 valence electrons. The van der Waals surface area contributed by atoms with Gasteiger partial charge in [-0.05, 0) is 50.9 Å². The number of furan rings is 1. The standard InChI is InChI=1S/C24H40N6O2.HI/c1-25-24(27-19-21(22-9-6-18-32-22)29-11-3-2-4-12-29)26-10-13-28-14-16-30(17-15-28)23(31)20-7-5-8-20;/h6,9,18,20-21H,2-5,7-8,10-17,19H2,1H3,(H2,25,26,27);1H. The number of nitrogens with zero attached hydrogens (tertiary/aromatic N) is 4. The highest BCUT2D eigenvalue weighted by molar-refractivity contribution is 14.0. The van der Waals surface area contributed by atoms with E-state index >= 15 is 0 Å². The van der Waals surface area contributed by atoms with E-state index in [0.29, 0.717) is 11.8 Å². The summed E-state index contributed by atoms with van der Waals surface area (Å²) in [5, 5.41) is 6.96. The zero-order valence-electron chi connectivity index (χ0n) is 20.0. The number of piperidine rings is 1. The predicted octanol–water partition coefficient (Wildman–Crippen LogP) is 2.53. The third kappa shape index (κ3) is 7.32. The molecule has 2 N–H and O–H groups in total. The van der Waals surface area contributed by atoms with Crippen LogP contribution in [0.1, 0.15) is 50.3 Å². The highest BCUT2D eigenvalue weighted by Crippen LogP contribution is 2.28. The fourth-order valence-electron chi connectivity index (χ4n) is 4.97. The third-order valence-electron chi connectivity index (χ3n) is 7.25. The van der Waals surface area contributed by atoms with Crippen molar-refractivity contribution in [2.24, 2.45) is 10.9 Å². The fraction of sp³-hybridized carbons (Fsp3) is 0.750. The Morgan fingerprint density at radius 3 is 2.45 bits per heavy atom. The normalized spacial score (nSPS) is 21.7. The van der Waals surface area contributed by atoms with E-state index < -0.39 is 0 Å². The predicted molar refractivity (Wildman–Crippen MR) is 142 cm³/mol. The number of hydrogen-bond donors (Lipinski definition) is 2. The molecular weight excluding hydrogens is 531 g/mol. The minimum atomic E-state index is 0. The Labute approximate surface area is 215 Å². The summed E-state index contributed by atoms with van der Waals surface area (Å²) in [6.07, 6.45) is 8.99. The molecule has 0 aromatic carbocycles. The van der Waals surface area contributed by atoms with Crippen LogP contribution in [0.15, 0.2) is 27.8 Å². The van der Waals surface area contributed by atoms with E-state index in [-0.39, 0.29) is 30.0 Å². The van der Waals surface area contributed by atoms with Gasteiger partial charge in [0.05, 0.1) is 12.3 Å². The Morgan fingerprint density at radius 2 is 1.85 bits per heavy atom. The van der Waals surface area contributed by atoms with Crippen LogP contribution in [0, 0.1) is 5.92 Å². The van der Waals surface area contributed by atoms with Crippen LogP contribution in [0.4, 0.5) is 0 Å². The van der Waals surface area contributed by atoms with Crippen LogP contribution >= 0.6 is 24.0 Å². The average Bonchev–Trinajstić information content (AvgIpc) is 3.32. The number of carbonyl (C=O) groups excluding carboxylic acids is 1. The lowest BCUT2D eigenvalue weighted by Gasteiger charge is -2.38. The number of aliphatic imine (C=N–C) groups is 1. The van der Waals surface area contributed by atoms with E-state index in [2.05, 4.69) is 36.4 Å². The van der Waals surface area contributed by atoms with Gasteiger partial charge in [-0.25, -0.2) is 0 Å². The Bertz CT molecular complexity index is 725. The smallest absolute Gasteiger partial charge is 0.225 e. The molecule has 1 aliphatic carbocycles. The number of piperazine rings is 1. The van der Waals surface area contributed by atoms with Crippen molar-refractivity contribution >= 4 is 35.8 Å². The number of halogens is 1. The second kappa shape index (κ2) is 13.5. The van der Waals surface area contributed by atoms with Gasteiger partial charge in [0, 0.05) is 58.8 Å². The van der Waals surface area contributed by atoms with Crippen molar-refractivity contribution in [2.75, 3.05) is 66.0 Å². The van der Waals surface area contributed by atoms with Gasteiger partial charge in [-0.2, -0.15) is 0 Å². The molecule has 0 radical (unpaired) electrons. The Balaban J connectivity index is 0.00000306. The summed E-state index contributed by atoms with van der Waals surface area (Å²) < 4.78 is 5.75. The van der Waals surface area contributed by atoms with Gasteiger partial charge in [0.2, 0.25) is 5.91 Å². The Hall–Kier alpha value is -1.33. The fourth-order valence-corrected chi connectivity index (χ4v) is 4.97. The molecule has 3 aliphatic rings. The first-order valence-corrected chi connectivity index (χ1v) is 12.5. The topological polar surface area (TPSA) is 76.4 Å². The molecule has 1 saturated carbocycles. The summed E-state index contributed by atoms with van der Waals surface area (Å²) in [4.78, 5) is 23.9. The highest BCUT2D eigenvalue weighted by atomic mass is 127. The summed E-state index contributed by atoms with van der Waals surface area (Å²) in [6.45, 7) is 8.46. The first kappa shape index (κ1) is 26.3. The van der Waals surface area contributed by atoms with Crippen LogP contribution in [-0.4, -0.2) is 92.5 Å². The molecule has 0 bridgehead atoms. The molecule has 1 unspecified atom stereocenters. The van der Waals surface area contributed by atoms with Crippen LogP contribution in [0.5, 0.6) is 0 Å². The van der Waals surface area contributed by atoms with Gasteiger partial charge in [-0.15, -0.1) is 24.0 Å². The SMILES string of the molecule is CN=C(NCCN1CCN(C(=O)C2CCC2)CC1)NCC(c1ccco1)N1CCCCC1.I. The number of amides is 1. The molecule has 1 aromatic heterocycles. The average molecular weight is 573 g/mol. The van der Waals surface area contributed by atoms with E-state index in [4.69, 9.17) is 4.42 Å². The van der Waals surface area contributed by atoms with Crippen LogP contribution in [-0.2, 0) is 4.79 Å². The molecule has 3 heterocycles. The van der Waals surface area contributed by atoms with Gasteiger partial charge in [0.1, 0.15) is 5.76 Å². The minimum Gasteiger partial charge on any atom is -0.468 e. The molecule has 4 rings (SSSR count). The van der Waals surface area contributed by atoms with Crippen LogP contribution in [0.2, 0.25) is 0 Å². The largest absolute Gasteiger partial charge is 0.468 e. The molecule has 1 aromatic rings. The second-order valence-electron chi connectivity index (χ2n) is 9.30. The highest BCUT2D eigenvalue weighted by Gasteiger charge is 2.31. The van der Waals surface area contributed by atoms with Gasteiger partial charge in [-0.3, -0.25) is 19.6 Å². The molecule has 3 fully saturated rings. The minimum absolute atomic E-state index is 0. The van der Waals surface area contributed by atoms with E-state index in [9.17, 15) is 4.79 Å². The molecule has 2 saturated heterocycles. The van der Waals surface area contributed by atoms with E-state index in [1.54, 1.807) is 6.26 Å².